The quantitative estimate of drug-likeness (QED) is 0.758. The van der Waals surface area contributed by atoms with Gasteiger partial charge in [-0.3, -0.25) is 9.59 Å². The number of anilines is 1. The summed E-state index contributed by atoms with van der Waals surface area (Å²) in [4.78, 5) is 24.4. The summed E-state index contributed by atoms with van der Waals surface area (Å²) in [6.07, 6.45) is 0.815. The number of para-hydroxylation sites is 1. The number of hydrogen-bond donors (Lipinski definition) is 1. The smallest absolute Gasteiger partial charge is 0.239 e. The first-order valence-electron chi connectivity index (χ1n) is 5.78. The predicted molar refractivity (Wildman–Crippen MR) is 68.4 cm³/mol. The molecule has 4 nitrogen and oxygen atoms in total. The highest BCUT2D eigenvalue weighted by Crippen LogP contribution is 2.18. The van der Waals surface area contributed by atoms with Crippen LogP contribution in [-0.2, 0) is 4.79 Å². The van der Waals surface area contributed by atoms with Crippen molar-refractivity contribution < 1.29 is 9.59 Å². The van der Waals surface area contributed by atoms with E-state index in [9.17, 15) is 9.59 Å². The zero-order chi connectivity index (χ0) is 12.7. The number of nitrogens with one attached hydrogen (secondary N) is 1. The SMILES string of the molecule is CCNC(=O)CN(CC)c1ccccc1C=O. The molecular weight excluding hydrogens is 216 g/mol. The van der Waals surface area contributed by atoms with E-state index in [1.165, 1.54) is 0 Å². The number of amides is 1. The first-order chi connectivity index (χ1) is 8.22. The second kappa shape index (κ2) is 6.68. The maximum atomic E-state index is 11.5. The fraction of sp³-hybridized carbons (Fsp3) is 0.385. The molecule has 0 radical (unpaired) electrons. The van der Waals surface area contributed by atoms with Crippen LogP contribution in [0.25, 0.3) is 0 Å². The average molecular weight is 234 g/mol. The molecular formula is C13H18N2O2. The molecule has 1 N–H and O–H groups in total. The van der Waals surface area contributed by atoms with Crippen molar-refractivity contribution in [2.45, 2.75) is 13.8 Å². The summed E-state index contributed by atoms with van der Waals surface area (Å²) < 4.78 is 0. The fourth-order valence-corrected chi connectivity index (χ4v) is 1.67. The highest BCUT2D eigenvalue weighted by molar-refractivity contribution is 5.87. The highest BCUT2D eigenvalue weighted by atomic mass is 16.2. The van der Waals surface area contributed by atoms with E-state index in [2.05, 4.69) is 5.32 Å². The number of carbonyl (C=O) groups is 2. The van der Waals surface area contributed by atoms with Gasteiger partial charge in [-0.1, -0.05) is 12.1 Å². The van der Waals surface area contributed by atoms with Crippen LogP contribution in [0.5, 0.6) is 0 Å². The summed E-state index contributed by atoms with van der Waals surface area (Å²) >= 11 is 0. The molecule has 0 fully saturated rings. The third-order valence-corrected chi connectivity index (χ3v) is 2.49. The van der Waals surface area contributed by atoms with E-state index < -0.39 is 0 Å². The Balaban J connectivity index is 2.85. The van der Waals surface area contributed by atoms with Crippen LogP contribution in [-0.4, -0.2) is 31.8 Å². The van der Waals surface area contributed by atoms with Crippen molar-refractivity contribution in [2.75, 3.05) is 24.5 Å². The zero-order valence-corrected chi connectivity index (χ0v) is 10.3. The van der Waals surface area contributed by atoms with Crippen molar-refractivity contribution in [1.82, 2.24) is 5.32 Å². The molecule has 1 aromatic carbocycles. The molecule has 1 rings (SSSR count). The van der Waals surface area contributed by atoms with E-state index in [-0.39, 0.29) is 12.5 Å². The number of hydrogen-bond acceptors (Lipinski definition) is 3. The van der Waals surface area contributed by atoms with E-state index >= 15 is 0 Å². The number of nitrogens with zero attached hydrogens (tertiary/aromatic N) is 1. The minimum Gasteiger partial charge on any atom is -0.362 e. The molecule has 0 heterocycles. The Morgan fingerprint density at radius 2 is 2.06 bits per heavy atom. The van der Waals surface area contributed by atoms with Crippen molar-refractivity contribution >= 4 is 17.9 Å². The largest absolute Gasteiger partial charge is 0.362 e. The van der Waals surface area contributed by atoms with Crippen LogP contribution in [0, 0.1) is 0 Å². The second-order valence-electron chi connectivity index (χ2n) is 3.64. The van der Waals surface area contributed by atoms with Gasteiger partial charge in [-0.2, -0.15) is 0 Å². The van der Waals surface area contributed by atoms with Gasteiger partial charge in [0.1, 0.15) is 0 Å². The summed E-state index contributed by atoms with van der Waals surface area (Å²) in [5.74, 6) is -0.0324. The molecule has 1 aromatic rings. The number of likely N-dealkylation sites (N-methyl/N-ethyl adjacent to an activating group) is 2. The summed E-state index contributed by atoms with van der Waals surface area (Å²) in [6, 6.07) is 7.28. The first kappa shape index (κ1) is 13.2. The Hall–Kier alpha value is -1.84. The summed E-state index contributed by atoms with van der Waals surface area (Å²) in [5.41, 5.74) is 1.41. The number of aldehydes is 1. The molecule has 4 heteroatoms. The summed E-state index contributed by atoms with van der Waals surface area (Å²) in [6.45, 7) is 5.41. The van der Waals surface area contributed by atoms with Gasteiger partial charge in [-0.05, 0) is 26.0 Å². The zero-order valence-electron chi connectivity index (χ0n) is 10.3. The van der Waals surface area contributed by atoms with Crippen molar-refractivity contribution in [2.24, 2.45) is 0 Å². The van der Waals surface area contributed by atoms with Crippen molar-refractivity contribution in [3.05, 3.63) is 29.8 Å². The number of benzene rings is 1. The van der Waals surface area contributed by atoms with Crippen LogP contribution < -0.4 is 10.2 Å². The fourth-order valence-electron chi connectivity index (χ4n) is 1.67. The highest BCUT2D eigenvalue weighted by Gasteiger charge is 2.12. The Morgan fingerprint density at radius 3 is 2.65 bits per heavy atom. The molecule has 0 aromatic heterocycles. The van der Waals surface area contributed by atoms with Gasteiger partial charge in [0.15, 0.2) is 6.29 Å². The molecule has 0 spiro atoms. The lowest BCUT2D eigenvalue weighted by Gasteiger charge is -2.23. The molecule has 0 aliphatic heterocycles. The van der Waals surface area contributed by atoms with Gasteiger partial charge in [-0.25, -0.2) is 0 Å². The van der Waals surface area contributed by atoms with Crippen molar-refractivity contribution in [3.8, 4) is 0 Å². The average Bonchev–Trinajstić information content (AvgIpc) is 2.36. The van der Waals surface area contributed by atoms with E-state index in [0.717, 1.165) is 12.0 Å². The van der Waals surface area contributed by atoms with Gasteiger partial charge >= 0.3 is 0 Å². The minimum absolute atomic E-state index is 0.0324. The third-order valence-electron chi connectivity index (χ3n) is 2.49. The third kappa shape index (κ3) is 3.59. The lowest BCUT2D eigenvalue weighted by Crippen LogP contribution is -2.37. The molecule has 1 amide bonds. The lowest BCUT2D eigenvalue weighted by atomic mass is 10.1. The molecule has 0 aliphatic carbocycles. The van der Waals surface area contributed by atoms with Gasteiger partial charge in [-0.15, -0.1) is 0 Å². The second-order valence-corrected chi connectivity index (χ2v) is 3.64. The van der Waals surface area contributed by atoms with Crippen LogP contribution in [0.3, 0.4) is 0 Å². The molecule has 0 bridgehead atoms. The summed E-state index contributed by atoms with van der Waals surface area (Å²) in [7, 11) is 0. The lowest BCUT2D eigenvalue weighted by molar-refractivity contribution is -0.119. The molecule has 0 unspecified atom stereocenters. The number of rotatable bonds is 6. The van der Waals surface area contributed by atoms with Crippen LogP contribution in [0.15, 0.2) is 24.3 Å². The van der Waals surface area contributed by atoms with Crippen LogP contribution >= 0.6 is 0 Å². The molecule has 0 atom stereocenters. The Bertz CT molecular complexity index is 391. The predicted octanol–water partition coefficient (Wildman–Crippen LogP) is 1.46. The molecule has 17 heavy (non-hydrogen) atoms. The maximum absolute atomic E-state index is 11.5. The van der Waals surface area contributed by atoms with E-state index in [0.29, 0.717) is 18.7 Å². The van der Waals surface area contributed by atoms with Gasteiger partial charge in [0, 0.05) is 24.3 Å². The van der Waals surface area contributed by atoms with Crippen LogP contribution in [0.1, 0.15) is 24.2 Å². The normalized spacial score (nSPS) is 9.76. The Morgan fingerprint density at radius 1 is 1.35 bits per heavy atom. The standard InChI is InChI=1S/C13H18N2O2/c1-3-14-13(17)9-15(4-2)12-8-6-5-7-11(12)10-16/h5-8,10H,3-4,9H2,1-2H3,(H,14,17). The maximum Gasteiger partial charge on any atom is 0.239 e. The Kier molecular flexibility index (Phi) is 5.20. The van der Waals surface area contributed by atoms with Gasteiger partial charge in [0.05, 0.1) is 6.54 Å². The van der Waals surface area contributed by atoms with Crippen LogP contribution in [0.4, 0.5) is 5.69 Å². The summed E-state index contributed by atoms with van der Waals surface area (Å²) in [5, 5.41) is 2.75. The van der Waals surface area contributed by atoms with Crippen molar-refractivity contribution in [3.63, 3.8) is 0 Å². The van der Waals surface area contributed by atoms with Gasteiger partial charge in [0.2, 0.25) is 5.91 Å². The first-order valence-corrected chi connectivity index (χ1v) is 5.78. The topological polar surface area (TPSA) is 49.4 Å². The van der Waals surface area contributed by atoms with Crippen molar-refractivity contribution in [1.29, 1.82) is 0 Å². The number of carbonyl (C=O) groups excluding carboxylic acids is 2. The Labute approximate surface area is 102 Å². The van der Waals surface area contributed by atoms with Crippen LogP contribution in [0.2, 0.25) is 0 Å². The van der Waals surface area contributed by atoms with Gasteiger partial charge < -0.3 is 10.2 Å². The van der Waals surface area contributed by atoms with E-state index in [1.807, 2.05) is 36.9 Å². The molecule has 92 valence electrons. The van der Waals surface area contributed by atoms with E-state index in [1.54, 1.807) is 6.07 Å². The van der Waals surface area contributed by atoms with E-state index in [4.69, 9.17) is 0 Å². The van der Waals surface area contributed by atoms with Gasteiger partial charge in [0.25, 0.3) is 0 Å². The molecule has 0 saturated carbocycles. The monoisotopic (exact) mass is 234 g/mol. The minimum atomic E-state index is -0.0324. The molecule has 0 aliphatic rings. The molecule has 0 saturated heterocycles.